The summed E-state index contributed by atoms with van der Waals surface area (Å²) < 4.78 is 47.5. The number of amides is 1. The number of nitrogens with zero attached hydrogens (tertiary/aromatic N) is 3. The van der Waals surface area contributed by atoms with Gasteiger partial charge in [0.15, 0.2) is 17.5 Å². The van der Waals surface area contributed by atoms with Gasteiger partial charge in [0, 0.05) is 41.4 Å². The summed E-state index contributed by atoms with van der Waals surface area (Å²) >= 11 is 0. The second-order valence-electron chi connectivity index (χ2n) is 8.65. The molecule has 11 heteroatoms. The zero-order valence-corrected chi connectivity index (χ0v) is 19.3. The van der Waals surface area contributed by atoms with E-state index < -0.39 is 17.5 Å². The number of hydrogen-bond donors (Lipinski definition) is 3. The smallest absolute Gasteiger partial charge is 0.270 e. The number of hydrogen-bond acceptors (Lipinski definition) is 6. The van der Waals surface area contributed by atoms with Crippen LogP contribution in [0.3, 0.4) is 0 Å². The first-order chi connectivity index (χ1) is 17.4. The Hall–Kier alpha value is -4.15. The van der Waals surface area contributed by atoms with Gasteiger partial charge in [-0.15, -0.1) is 0 Å². The first kappa shape index (κ1) is 23.6. The molecule has 0 saturated heterocycles. The highest BCUT2D eigenvalue weighted by Crippen LogP contribution is 2.30. The second kappa shape index (κ2) is 9.84. The van der Waals surface area contributed by atoms with Crippen molar-refractivity contribution in [2.45, 2.75) is 37.8 Å². The van der Waals surface area contributed by atoms with E-state index in [0.717, 1.165) is 31.5 Å². The minimum Gasteiger partial charge on any atom is -0.481 e. The zero-order valence-electron chi connectivity index (χ0n) is 19.3. The highest BCUT2D eigenvalue weighted by atomic mass is 19.1. The molecule has 0 bridgehead atoms. The molecule has 1 aromatic carbocycles. The Kier molecular flexibility index (Phi) is 6.45. The van der Waals surface area contributed by atoms with E-state index in [-0.39, 0.29) is 46.2 Å². The zero-order chi connectivity index (χ0) is 25.2. The molecule has 3 aromatic heterocycles. The fraction of sp³-hybridized carbons (Fsp3) is 0.280. The van der Waals surface area contributed by atoms with Gasteiger partial charge in [-0.05, 0) is 37.8 Å². The van der Waals surface area contributed by atoms with Crippen LogP contribution >= 0.6 is 0 Å². The number of aromatic nitrogens is 4. The number of halogens is 3. The number of pyridine rings is 1. The van der Waals surface area contributed by atoms with E-state index in [9.17, 15) is 18.0 Å². The van der Waals surface area contributed by atoms with Crippen molar-refractivity contribution in [3.05, 3.63) is 65.9 Å². The normalized spacial score (nSPS) is 17.7. The molecule has 186 valence electrons. The molecule has 1 saturated carbocycles. The number of ether oxygens (including phenoxy) is 1. The Labute approximate surface area is 204 Å². The first-order valence-electron chi connectivity index (χ1n) is 11.5. The number of anilines is 1. The van der Waals surface area contributed by atoms with Crippen LogP contribution in [0.5, 0.6) is 5.88 Å². The number of rotatable bonds is 6. The number of fused-ring (bicyclic) bond motifs is 1. The Morgan fingerprint density at radius 2 is 1.94 bits per heavy atom. The number of aromatic amines is 1. The number of nitrogens with one attached hydrogen (secondary N) is 3. The number of carbonyl (C=O) groups is 1. The molecule has 1 amide bonds. The van der Waals surface area contributed by atoms with Gasteiger partial charge in [-0.25, -0.2) is 28.1 Å². The molecule has 2 atom stereocenters. The summed E-state index contributed by atoms with van der Waals surface area (Å²) in [6.07, 6.45) is 5.38. The lowest BCUT2D eigenvalue weighted by molar-refractivity contribution is 0.0920. The van der Waals surface area contributed by atoms with Crippen molar-refractivity contribution in [2.24, 2.45) is 0 Å². The van der Waals surface area contributed by atoms with Crippen molar-refractivity contribution >= 4 is 22.6 Å². The minimum atomic E-state index is -0.740. The lowest BCUT2D eigenvalue weighted by Gasteiger charge is -2.30. The van der Waals surface area contributed by atoms with Crippen LogP contribution in [0, 0.1) is 17.5 Å². The van der Waals surface area contributed by atoms with Crippen molar-refractivity contribution in [1.29, 1.82) is 0 Å². The molecule has 8 nitrogen and oxygen atoms in total. The van der Waals surface area contributed by atoms with Gasteiger partial charge in [0.05, 0.1) is 18.8 Å². The summed E-state index contributed by atoms with van der Waals surface area (Å²) in [5.74, 6) is -1.98. The molecule has 0 unspecified atom stereocenters. The monoisotopic (exact) mass is 496 g/mol. The van der Waals surface area contributed by atoms with Crippen molar-refractivity contribution in [1.82, 2.24) is 25.3 Å². The summed E-state index contributed by atoms with van der Waals surface area (Å²) in [7, 11) is 1.48. The average Bonchev–Trinajstić information content (AvgIpc) is 3.30. The van der Waals surface area contributed by atoms with Crippen LogP contribution in [0.1, 0.15) is 36.2 Å². The van der Waals surface area contributed by atoms with Gasteiger partial charge in [0.2, 0.25) is 5.88 Å². The molecule has 0 spiro atoms. The SMILES string of the molecule is COc1cccc(C(=O)N[C@@H]2CCC[C@H](Nc3nc(-c4c[nH]c5c(F)cc(F)cc45)ncc3F)C2)n1. The van der Waals surface area contributed by atoms with Gasteiger partial charge in [0.25, 0.3) is 5.91 Å². The first-order valence-corrected chi connectivity index (χ1v) is 11.5. The van der Waals surface area contributed by atoms with E-state index in [4.69, 9.17) is 4.74 Å². The maximum atomic E-state index is 14.6. The summed E-state index contributed by atoms with van der Waals surface area (Å²) in [6.45, 7) is 0. The molecule has 3 N–H and O–H groups in total. The van der Waals surface area contributed by atoms with E-state index in [1.165, 1.54) is 19.4 Å². The maximum absolute atomic E-state index is 14.6. The number of benzene rings is 1. The van der Waals surface area contributed by atoms with E-state index in [0.29, 0.717) is 17.9 Å². The summed E-state index contributed by atoms with van der Waals surface area (Å²) in [5.41, 5.74) is 0.721. The minimum absolute atomic E-state index is 0.0161. The van der Waals surface area contributed by atoms with Crippen LogP contribution < -0.4 is 15.4 Å². The largest absolute Gasteiger partial charge is 0.481 e. The molecule has 0 radical (unpaired) electrons. The molecule has 36 heavy (non-hydrogen) atoms. The Bertz CT molecular complexity index is 1430. The average molecular weight is 496 g/mol. The quantitative estimate of drug-likeness (QED) is 0.361. The third kappa shape index (κ3) is 4.81. The van der Waals surface area contributed by atoms with Crippen LogP contribution in [-0.4, -0.2) is 45.0 Å². The molecule has 1 aliphatic rings. The van der Waals surface area contributed by atoms with Crippen molar-refractivity contribution in [3.63, 3.8) is 0 Å². The van der Waals surface area contributed by atoms with E-state index in [2.05, 4.69) is 30.6 Å². The van der Waals surface area contributed by atoms with Crippen LogP contribution in [0.15, 0.2) is 42.7 Å². The summed E-state index contributed by atoms with van der Waals surface area (Å²) in [4.78, 5) is 27.9. The van der Waals surface area contributed by atoms with Gasteiger partial charge in [-0.1, -0.05) is 6.07 Å². The lowest BCUT2D eigenvalue weighted by Crippen LogP contribution is -2.42. The number of methoxy groups -OCH3 is 1. The van der Waals surface area contributed by atoms with Gasteiger partial charge in [0.1, 0.15) is 17.3 Å². The van der Waals surface area contributed by atoms with Gasteiger partial charge >= 0.3 is 0 Å². The standard InChI is InChI=1S/C25H23F3N6O2/c1-36-21-7-3-6-20(33-21)25(35)32-15-5-2-4-14(10-15)31-24-19(28)12-30-23(34-24)17-11-29-22-16(17)8-13(26)9-18(22)27/h3,6-9,11-12,14-15,29H,2,4-5,10H2,1H3,(H,32,35)(H,30,31,34)/t14-,15+/m0/s1. The highest BCUT2D eigenvalue weighted by Gasteiger charge is 2.26. The van der Waals surface area contributed by atoms with Crippen LogP contribution in [0.4, 0.5) is 19.0 Å². The lowest BCUT2D eigenvalue weighted by atomic mass is 9.91. The highest BCUT2D eigenvalue weighted by molar-refractivity contribution is 5.94. The Balaban J connectivity index is 1.31. The van der Waals surface area contributed by atoms with E-state index in [1.54, 1.807) is 18.2 Å². The predicted molar refractivity (Wildman–Crippen MR) is 127 cm³/mol. The fourth-order valence-corrected chi connectivity index (χ4v) is 4.50. The molecule has 1 fully saturated rings. The maximum Gasteiger partial charge on any atom is 0.270 e. The van der Waals surface area contributed by atoms with Crippen molar-refractivity contribution in [2.75, 3.05) is 12.4 Å². The molecular formula is C25H23F3N6O2. The third-order valence-corrected chi connectivity index (χ3v) is 6.21. The van der Waals surface area contributed by atoms with Crippen LogP contribution in [-0.2, 0) is 0 Å². The topological polar surface area (TPSA) is 105 Å². The molecule has 5 rings (SSSR count). The second-order valence-corrected chi connectivity index (χ2v) is 8.65. The van der Waals surface area contributed by atoms with Crippen molar-refractivity contribution in [3.8, 4) is 17.3 Å². The van der Waals surface area contributed by atoms with Gasteiger partial charge in [-0.2, -0.15) is 0 Å². The predicted octanol–water partition coefficient (Wildman–Crippen LogP) is 4.60. The Morgan fingerprint density at radius 1 is 1.11 bits per heavy atom. The number of H-pyrrole nitrogens is 1. The molecule has 0 aliphatic heterocycles. The molecule has 3 heterocycles. The molecule has 1 aliphatic carbocycles. The van der Waals surface area contributed by atoms with Gasteiger partial charge < -0.3 is 20.4 Å². The molecular weight excluding hydrogens is 473 g/mol. The third-order valence-electron chi connectivity index (χ3n) is 6.21. The van der Waals surface area contributed by atoms with Gasteiger partial charge in [-0.3, -0.25) is 4.79 Å². The molecule has 4 aromatic rings. The van der Waals surface area contributed by atoms with E-state index >= 15 is 0 Å². The summed E-state index contributed by atoms with van der Waals surface area (Å²) in [5, 5.41) is 6.36. The Morgan fingerprint density at radius 3 is 2.78 bits per heavy atom. The fourth-order valence-electron chi connectivity index (χ4n) is 4.50. The van der Waals surface area contributed by atoms with Crippen molar-refractivity contribution < 1.29 is 22.7 Å². The summed E-state index contributed by atoms with van der Waals surface area (Å²) in [6, 6.07) is 6.62. The van der Waals surface area contributed by atoms with Crippen LogP contribution in [0.25, 0.3) is 22.3 Å². The van der Waals surface area contributed by atoms with E-state index in [1.807, 2.05) is 0 Å². The number of carbonyl (C=O) groups excluding carboxylic acids is 1. The van der Waals surface area contributed by atoms with Crippen LogP contribution in [0.2, 0.25) is 0 Å².